The summed E-state index contributed by atoms with van der Waals surface area (Å²) in [4.78, 5) is 16.8. The lowest BCUT2D eigenvalue weighted by molar-refractivity contribution is -0.118. The second kappa shape index (κ2) is 10.7. The fraction of sp³-hybridized carbons (Fsp3) is 0.231. The summed E-state index contributed by atoms with van der Waals surface area (Å²) in [6.45, 7) is 1.10. The Morgan fingerprint density at radius 2 is 1.86 bits per heavy atom. The molecule has 0 spiro atoms. The van der Waals surface area contributed by atoms with Crippen molar-refractivity contribution in [2.45, 2.75) is 24.5 Å². The Morgan fingerprint density at radius 1 is 1.06 bits per heavy atom. The molecule has 0 aliphatic heterocycles. The van der Waals surface area contributed by atoms with E-state index in [-0.39, 0.29) is 17.5 Å². The van der Waals surface area contributed by atoms with Gasteiger partial charge in [0.1, 0.15) is 5.82 Å². The molecule has 4 aromatic rings. The van der Waals surface area contributed by atoms with Gasteiger partial charge in [-0.1, -0.05) is 36.0 Å². The molecular formula is C26H24FN5O2S. The summed E-state index contributed by atoms with van der Waals surface area (Å²) in [5, 5.41) is 12.1. The minimum atomic E-state index is -0.318. The molecule has 0 saturated heterocycles. The van der Waals surface area contributed by atoms with E-state index in [1.165, 1.54) is 36.7 Å². The average Bonchev–Trinajstić information content (AvgIpc) is 3.63. The molecule has 0 bridgehead atoms. The van der Waals surface area contributed by atoms with Gasteiger partial charge >= 0.3 is 0 Å². The maximum Gasteiger partial charge on any atom is 0.230 e. The zero-order valence-corrected chi connectivity index (χ0v) is 19.7. The van der Waals surface area contributed by atoms with E-state index in [2.05, 4.69) is 20.5 Å². The number of hydrogen-bond donors (Lipinski definition) is 1. The Labute approximate surface area is 206 Å². The molecule has 7 nitrogen and oxygen atoms in total. The third kappa shape index (κ3) is 6.05. The highest BCUT2D eigenvalue weighted by molar-refractivity contribution is 7.99. The minimum absolute atomic E-state index is 0.130. The Balaban J connectivity index is 1.22. The van der Waals surface area contributed by atoms with Crippen molar-refractivity contribution >= 4 is 17.7 Å². The van der Waals surface area contributed by atoms with Crippen LogP contribution in [0.15, 0.2) is 78.1 Å². The molecular weight excluding hydrogens is 465 g/mol. The molecule has 2 aromatic carbocycles. The second-order valence-electron chi connectivity index (χ2n) is 8.31. The van der Waals surface area contributed by atoms with Gasteiger partial charge in [0.25, 0.3) is 0 Å². The van der Waals surface area contributed by atoms with E-state index in [0.29, 0.717) is 29.3 Å². The first kappa shape index (κ1) is 23.0. The predicted molar refractivity (Wildman–Crippen MR) is 132 cm³/mol. The highest BCUT2D eigenvalue weighted by Gasteiger charge is 2.22. The summed E-state index contributed by atoms with van der Waals surface area (Å²) in [6.07, 6.45) is 4.19. The van der Waals surface area contributed by atoms with E-state index in [4.69, 9.17) is 4.74 Å². The monoisotopic (exact) mass is 489 g/mol. The van der Waals surface area contributed by atoms with Crippen molar-refractivity contribution in [1.29, 1.82) is 0 Å². The van der Waals surface area contributed by atoms with Crippen molar-refractivity contribution in [1.82, 2.24) is 25.1 Å². The standard InChI is InChI=1S/C26H24FN5O2S/c27-21-11-9-20(10-12-21)25-30-31-26(32(25)22-4-2-1-3-5-22)35-17-23(33)28-14-19-8-13-24(29-15-19)34-16-18-6-7-18/h1-5,8-13,15,18H,6-7,14,16-17H2,(H,28,33). The van der Waals surface area contributed by atoms with Crippen LogP contribution in [0.2, 0.25) is 0 Å². The van der Waals surface area contributed by atoms with Crippen LogP contribution in [0.3, 0.4) is 0 Å². The van der Waals surface area contributed by atoms with Gasteiger partial charge in [0.15, 0.2) is 11.0 Å². The first-order valence-electron chi connectivity index (χ1n) is 11.4. The number of pyridine rings is 1. The van der Waals surface area contributed by atoms with Crippen molar-refractivity contribution < 1.29 is 13.9 Å². The molecule has 2 aromatic heterocycles. The highest BCUT2D eigenvalue weighted by Crippen LogP contribution is 2.29. The van der Waals surface area contributed by atoms with E-state index < -0.39 is 0 Å². The smallest absolute Gasteiger partial charge is 0.230 e. The van der Waals surface area contributed by atoms with Gasteiger partial charge in [-0.3, -0.25) is 9.36 Å². The number of rotatable bonds is 10. The molecule has 35 heavy (non-hydrogen) atoms. The molecule has 5 rings (SSSR count). The van der Waals surface area contributed by atoms with Gasteiger partial charge in [0, 0.05) is 30.1 Å². The molecule has 1 aliphatic carbocycles. The number of para-hydroxylation sites is 1. The molecule has 9 heteroatoms. The normalized spacial score (nSPS) is 12.9. The molecule has 1 saturated carbocycles. The van der Waals surface area contributed by atoms with Gasteiger partial charge in [-0.05, 0) is 60.7 Å². The van der Waals surface area contributed by atoms with Crippen molar-refractivity contribution in [2.24, 2.45) is 5.92 Å². The maximum atomic E-state index is 13.4. The lowest BCUT2D eigenvalue weighted by Crippen LogP contribution is -2.24. The van der Waals surface area contributed by atoms with Crippen LogP contribution in [0.5, 0.6) is 5.88 Å². The summed E-state index contributed by atoms with van der Waals surface area (Å²) in [5.74, 6) is 1.59. The van der Waals surface area contributed by atoms with Crippen LogP contribution in [0.4, 0.5) is 4.39 Å². The van der Waals surface area contributed by atoms with E-state index in [0.717, 1.165) is 23.4 Å². The van der Waals surface area contributed by atoms with Crippen LogP contribution in [-0.4, -0.2) is 38.0 Å². The van der Waals surface area contributed by atoms with Gasteiger partial charge < -0.3 is 10.1 Å². The fourth-order valence-corrected chi connectivity index (χ4v) is 4.21. The number of amides is 1. The summed E-state index contributed by atoms with van der Waals surface area (Å²) < 4.78 is 20.9. The maximum absolute atomic E-state index is 13.4. The number of thioether (sulfide) groups is 1. The molecule has 1 fully saturated rings. The summed E-state index contributed by atoms with van der Waals surface area (Å²) in [6, 6.07) is 19.5. The van der Waals surface area contributed by atoms with Gasteiger partial charge in [-0.2, -0.15) is 0 Å². The third-order valence-electron chi connectivity index (χ3n) is 5.53. The topological polar surface area (TPSA) is 81.9 Å². The molecule has 0 atom stereocenters. The zero-order chi connectivity index (χ0) is 24.0. The van der Waals surface area contributed by atoms with Crippen LogP contribution in [-0.2, 0) is 11.3 Å². The molecule has 2 heterocycles. The number of carbonyl (C=O) groups excluding carboxylic acids is 1. The number of nitrogens with one attached hydrogen (secondary N) is 1. The van der Waals surface area contributed by atoms with Crippen LogP contribution >= 0.6 is 11.8 Å². The van der Waals surface area contributed by atoms with Crippen molar-refractivity contribution in [2.75, 3.05) is 12.4 Å². The summed E-state index contributed by atoms with van der Waals surface area (Å²) in [7, 11) is 0. The number of carbonyl (C=O) groups is 1. The van der Waals surface area contributed by atoms with Crippen molar-refractivity contribution in [3.63, 3.8) is 0 Å². The van der Waals surface area contributed by atoms with E-state index in [9.17, 15) is 9.18 Å². The SMILES string of the molecule is O=C(CSc1nnc(-c2ccc(F)cc2)n1-c1ccccc1)NCc1ccc(OCC2CC2)nc1. The van der Waals surface area contributed by atoms with Crippen LogP contribution in [0.1, 0.15) is 18.4 Å². The molecule has 1 aliphatic rings. The number of nitrogens with zero attached hydrogens (tertiary/aromatic N) is 4. The Bertz CT molecular complexity index is 1280. The molecule has 0 unspecified atom stereocenters. The van der Waals surface area contributed by atoms with Crippen molar-refractivity contribution in [3.8, 4) is 23.0 Å². The van der Waals surface area contributed by atoms with Crippen LogP contribution in [0, 0.1) is 11.7 Å². The number of hydrogen-bond acceptors (Lipinski definition) is 6. The van der Waals surface area contributed by atoms with Gasteiger partial charge in [-0.15, -0.1) is 10.2 Å². The summed E-state index contributed by atoms with van der Waals surface area (Å²) in [5.41, 5.74) is 2.49. The van der Waals surface area contributed by atoms with Crippen LogP contribution in [0.25, 0.3) is 17.1 Å². The van der Waals surface area contributed by atoms with E-state index in [1.54, 1.807) is 18.3 Å². The third-order valence-corrected chi connectivity index (χ3v) is 6.46. The van der Waals surface area contributed by atoms with Gasteiger partial charge in [-0.25, -0.2) is 9.37 Å². The lowest BCUT2D eigenvalue weighted by atomic mass is 10.2. The minimum Gasteiger partial charge on any atom is -0.477 e. The van der Waals surface area contributed by atoms with E-state index >= 15 is 0 Å². The quantitative estimate of drug-likeness (QED) is 0.326. The van der Waals surface area contributed by atoms with Gasteiger partial charge in [0.2, 0.25) is 11.8 Å². The van der Waals surface area contributed by atoms with Crippen molar-refractivity contribution in [3.05, 3.63) is 84.3 Å². The molecule has 178 valence electrons. The first-order chi connectivity index (χ1) is 17.2. The van der Waals surface area contributed by atoms with Gasteiger partial charge in [0.05, 0.1) is 12.4 Å². The summed E-state index contributed by atoms with van der Waals surface area (Å²) >= 11 is 1.29. The van der Waals surface area contributed by atoms with Crippen LogP contribution < -0.4 is 10.1 Å². The Morgan fingerprint density at radius 3 is 2.57 bits per heavy atom. The molecule has 1 amide bonds. The fourth-order valence-electron chi connectivity index (χ4n) is 3.43. The first-order valence-corrected chi connectivity index (χ1v) is 12.4. The van der Waals surface area contributed by atoms with E-state index in [1.807, 2.05) is 47.0 Å². The average molecular weight is 490 g/mol. The predicted octanol–water partition coefficient (Wildman–Crippen LogP) is 4.67. The Kier molecular flexibility index (Phi) is 7.04. The highest BCUT2D eigenvalue weighted by atomic mass is 32.2. The number of benzene rings is 2. The zero-order valence-electron chi connectivity index (χ0n) is 18.9. The number of aromatic nitrogens is 4. The largest absolute Gasteiger partial charge is 0.477 e. The molecule has 0 radical (unpaired) electrons. The number of ether oxygens (including phenoxy) is 1. The second-order valence-corrected chi connectivity index (χ2v) is 9.25. The lowest BCUT2D eigenvalue weighted by Gasteiger charge is -2.10. The Hall–Kier alpha value is -3.72. The number of halogens is 1. The molecule has 1 N–H and O–H groups in total.